The molecular weight excluding hydrogens is 366 g/mol. The van der Waals surface area contributed by atoms with E-state index in [9.17, 15) is 0 Å². The number of allylic oxidation sites excluding steroid dienone is 7. The summed E-state index contributed by atoms with van der Waals surface area (Å²) in [7, 11) is -0.859. The SMILES string of the molecule is C[N+](C)=C1C=CC(=C/C=C2\Oc3ccccc3S2)C=C1.[O-][Cl+3]([O-])([O-])[O-]. The number of para-hydroxylation sites is 1. The lowest BCUT2D eigenvalue weighted by Crippen LogP contribution is -2.68. The molecule has 0 amide bonds. The molecule has 1 aromatic rings. The second-order valence-corrected chi connectivity index (χ2v) is 6.97. The molecule has 0 fully saturated rings. The molecule has 0 N–H and O–H groups in total. The predicted octanol–water partition coefficient (Wildman–Crippen LogP) is -0.978. The largest absolute Gasteiger partial charge is 0.449 e. The minimum absolute atomic E-state index is 0.919. The summed E-state index contributed by atoms with van der Waals surface area (Å²) >= 11 is 1.66. The van der Waals surface area contributed by atoms with Gasteiger partial charge in [0.05, 0.1) is 4.90 Å². The molecule has 0 radical (unpaired) electrons. The zero-order valence-electron chi connectivity index (χ0n) is 13.5. The van der Waals surface area contributed by atoms with Crippen molar-refractivity contribution < 1.29 is 38.2 Å². The van der Waals surface area contributed by atoms with Crippen molar-refractivity contribution in [2.45, 2.75) is 4.90 Å². The minimum Gasteiger partial charge on any atom is -0.449 e. The first kappa shape index (κ1) is 19.5. The number of hydrogen-bond acceptors (Lipinski definition) is 6. The molecule has 0 atom stereocenters. The van der Waals surface area contributed by atoms with Crippen LogP contribution in [0.3, 0.4) is 0 Å². The zero-order chi connectivity index (χ0) is 18.4. The van der Waals surface area contributed by atoms with Gasteiger partial charge in [0.2, 0.25) is 0 Å². The van der Waals surface area contributed by atoms with Gasteiger partial charge in [-0.05, 0) is 47.7 Å². The first-order valence-corrected chi connectivity index (χ1v) is 9.16. The van der Waals surface area contributed by atoms with Gasteiger partial charge in [-0.1, -0.05) is 18.2 Å². The van der Waals surface area contributed by atoms with Crippen molar-refractivity contribution in [3.05, 3.63) is 71.4 Å². The number of nitrogens with zero attached hydrogens (tertiary/aromatic N) is 1. The number of ether oxygens (including phenoxy) is 1. The third kappa shape index (κ3) is 6.87. The monoisotopic (exact) mass is 381 g/mol. The maximum Gasteiger partial charge on any atom is 0.199 e. The van der Waals surface area contributed by atoms with Crippen LogP contribution in [0, 0.1) is 10.2 Å². The summed E-state index contributed by atoms with van der Waals surface area (Å²) in [5.74, 6) is 0.945. The lowest BCUT2D eigenvalue weighted by molar-refractivity contribution is -2.00. The van der Waals surface area contributed by atoms with Crippen LogP contribution < -0.4 is 23.4 Å². The topological polar surface area (TPSA) is 104 Å². The van der Waals surface area contributed by atoms with Gasteiger partial charge in [-0.3, -0.25) is 0 Å². The molecule has 0 bridgehead atoms. The van der Waals surface area contributed by atoms with Crippen LogP contribution >= 0.6 is 11.8 Å². The lowest BCUT2D eigenvalue weighted by atomic mass is 10.1. The van der Waals surface area contributed by atoms with Gasteiger partial charge in [0, 0.05) is 12.2 Å². The van der Waals surface area contributed by atoms with Crippen LogP contribution in [0.25, 0.3) is 0 Å². The highest BCUT2D eigenvalue weighted by atomic mass is 35.7. The van der Waals surface area contributed by atoms with E-state index in [1.54, 1.807) is 11.8 Å². The van der Waals surface area contributed by atoms with Gasteiger partial charge in [0.25, 0.3) is 0 Å². The zero-order valence-corrected chi connectivity index (χ0v) is 15.1. The molecule has 1 heterocycles. The van der Waals surface area contributed by atoms with Gasteiger partial charge in [0.15, 0.2) is 10.8 Å². The third-order valence-electron chi connectivity index (χ3n) is 3.09. The molecule has 6 nitrogen and oxygen atoms in total. The minimum atomic E-state index is -4.94. The van der Waals surface area contributed by atoms with Crippen LogP contribution in [0.1, 0.15) is 0 Å². The summed E-state index contributed by atoms with van der Waals surface area (Å²) in [6, 6.07) is 8.09. The fourth-order valence-corrected chi connectivity index (χ4v) is 2.81. The van der Waals surface area contributed by atoms with Gasteiger partial charge >= 0.3 is 0 Å². The number of halogens is 1. The second-order valence-electron chi connectivity index (χ2n) is 5.17. The Morgan fingerprint density at radius 1 is 0.960 bits per heavy atom. The average Bonchev–Trinajstić information content (AvgIpc) is 2.94. The first-order valence-electron chi connectivity index (χ1n) is 7.11. The maximum absolute atomic E-state index is 8.49. The molecule has 25 heavy (non-hydrogen) atoms. The van der Waals surface area contributed by atoms with Crippen molar-refractivity contribution in [2.24, 2.45) is 0 Å². The van der Waals surface area contributed by atoms with E-state index in [0.717, 1.165) is 10.8 Å². The summed E-state index contributed by atoms with van der Waals surface area (Å²) in [4.78, 5) is 1.18. The summed E-state index contributed by atoms with van der Waals surface area (Å²) in [6.07, 6.45) is 12.5. The number of thioether (sulfide) groups is 1. The molecule has 3 rings (SSSR count). The number of fused-ring (bicyclic) bond motifs is 1. The summed E-state index contributed by atoms with van der Waals surface area (Å²) in [5.41, 5.74) is 2.37. The molecule has 1 aliphatic carbocycles. The Bertz CT molecular complexity index is 735. The van der Waals surface area contributed by atoms with Gasteiger partial charge in [0.1, 0.15) is 19.8 Å². The van der Waals surface area contributed by atoms with Crippen LogP contribution in [-0.4, -0.2) is 24.4 Å². The van der Waals surface area contributed by atoms with Crippen molar-refractivity contribution in [1.29, 1.82) is 0 Å². The van der Waals surface area contributed by atoms with Crippen LogP contribution in [0.2, 0.25) is 0 Å². The third-order valence-corrected chi connectivity index (χ3v) is 4.07. The Morgan fingerprint density at radius 3 is 2.12 bits per heavy atom. The van der Waals surface area contributed by atoms with Crippen LogP contribution in [-0.2, 0) is 0 Å². The molecule has 1 aliphatic heterocycles. The molecule has 1 aromatic carbocycles. The first-order chi connectivity index (χ1) is 11.7. The highest BCUT2D eigenvalue weighted by Gasteiger charge is 2.16. The Morgan fingerprint density at radius 2 is 1.56 bits per heavy atom. The van der Waals surface area contributed by atoms with Crippen LogP contribution in [0.4, 0.5) is 0 Å². The molecule has 0 saturated heterocycles. The van der Waals surface area contributed by atoms with Crippen molar-refractivity contribution in [3.63, 3.8) is 0 Å². The highest BCUT2D eigenvalue weighted by molar-refractivity contribution is 8.03. The van der Waals surface area contributed by atoms with Gasteiger partial charge < -0.3 is 4.74 Å². The van der Waals surface area contributed by atoms with E-state index in [1.807, 2.05) is 38.4 Å². The Balaban J connectivity index is 0.000000399. The predicted molar refractivity (Wildman–Crippen MR) is 84.5 cm³/mol. The number of rotatable bonds is 1. The molecule has 2 aliphatic rings. The fraction of sp³-hybridized carbons (Fsp3) is 0.118. The fourth-order valence-electron chi connectivity index (χ4n) is 1.97. The van der Waals surface area contributed by atoms with E-state index in [4.69, 9.17) is 23.4 Å². The lowest BCUT2D eigenvalue weighted by Gasteiger charge is -2.17. The van der Waals surface area contributed by atoms with Gasteiger partial charge in [-0.25, -0.2) is 23.2 Å². The van der Waals surface area contributed by atoms with E-state index >= 15 is 0 Å². The molecular formula is C17H16ClNO5S. The normalized spacial score (nSPS) is 17.0. The maximum atomic E-state index is 8.49. The van der Waals surface area contributed by atoms with Crippen molar-refractivity contribution in [1.82, 2.24) is 0 Å². The molecule has 132 valence electrons. The summed E-state index contributed by atoms with van der Waals surface area (Å²) in [5, 5.41) is 0.919. The smallest absolute Gasteiger partial charge is 0.199 e. The van der Waals surface area contributed by atoms with E-state index in [0.29, 0.717) is 0 Å². The average molecular weight is 382 g/mol. The van der Waals surface area contributed by atoms with E-state index in [2.05, 4.69) is 41.0 Å². The Kier molecular flexibility index (Phi) is 6.60. The van der Waals surface area contributed by atoms with Crippen molar-refractivity contribution in [3.8, 4) is 5.75 Å². The van der Waals surface area contributed by atoms with Crippen molar-refractivity contribution >= 4 is 17.5 Å². The Hall–Kier alpha value is -1.87. The highest BCUT2D eigenvalue weighted by Crippen LogP contribution is 2.42. The van der Waals surface area contributed by atoms with Crippen LogP contribution in [0.15, 0.2) is 76.3 Å². The molecule has 0 spiro atoms. The molecule has 0 unspecified atom stereocenters. The number of benzene rings is 1. The number of hydrogen-bond donors (Lipinski definition) is 0. The summed E-state index contributed by atoms with van der Waals surface area (Å²) in [6.45, 7) is 0. The van der Waals surface area contributed by atoms with Gasteiger partial charge in [-0.15, -0.1) is 10.2 Å². The summed E-state index contributed by atoms with van der Waals surface area (Å²) < 4.78 is 41.8. The standard InChI is InChI=1S/C17H16NOS.ClHO4/c1-18(2)14-10-7-13(8-11-14)9-12-17-19-15-5-3-4-6-16(15)20-17;2-1(3,4)5/h3-12H,1-2H3;(H,2,3,4,5)/q+1;/p-1/b17-12+;. The molecule has 0 saturated carbocycles. The molecule has 0 aromatic heterocycles. The van der Waals surface area contributed by atoms with Gasteiger partial charge in [-0.2, -0.15) is 0 Å². The van der Waals surface area contributed by atoms with Crippen LogP contribution in [0.5, 0.6) is 5.75 Å². The van der Waals surface area contributed by atoms with E-state index in [1.165, 1.54) is 16.2 Å². The molecule has 8 heteroatoms. The van der Waals surface area contributed by atoms with E-state index < -0.39 is 10.2 Å². The van der Waals surface area contributed by atoms with E-state index in [-0.39, 0.29) is 0 Å². The van der Waals surface area contributed by atoms with Crippen molar-refractivity contribution in [2.75, 3.05) is 14.1 Å². The second kappa shape index (κ2) is 8.48. The quantitative estimate of drug-likeness (QED) is 0.579. The Labute approximate surface area is 152 Å².